The van der Waals surface area contributed by atoms with Gasteiger partial charge in [-0.1, -0.05) is 24.3 Å². The summed E-state index contributed by atoms with van der Waals surface area (Å²) in [5.74, 6) is 0.839. The fourth-order valence-corrected chi connectivity index (χ4v) is 3.52. The summed E-state index contributed by atoms with van der Waals surface area (Å²) < 4.78 is 2.06. The lowest BCUT2D eigenvalue weighted by molar-refractivity contribution is 0.790. The van der Waals surface area contributed by atoms with Crippen molar-refractivity contribution < 1.29 is 0 Å². The van der Waals surface area contributed by atoms with Crippen molar-refractivity contribution in [2.45, 2.75) is 33.4 Å². The highest BCUT2D eigenvalue weighted by atomic mass is 32.1. The van der Waals surface area contributed by atoms with Gasteiger partial charge < -0.3 is 15.2 Å². The summed E-state index contributed by atoms with van der Waals surface area (Å²) >= 11 is 1.75. The molecule has 0 aliphatic carbocycles. The predicted molar refractivity (Wildman–Crippen MR) is 111 cm³/mol. The number of imidazole rings is 1. The minimum Gasteiger partial charge on any atom is -0.357 e. The molecule has 6 nitrogen and oxygen atoms in total. The molecular formula is C20H26N6S. The quantitative estimate of drug-likeness (QED) is 0.464. The lowest BCUT2D eigenvalue weighted by atomic mass is 10.1. The summed E-state index contributed by atoms with van der Waals surface area (Å²) in [5.41, 5.74) is 2.44. The van der Waals surface area contributed by atoms with Gasteiger partial charge in [0.15, 0.2) is 5.96 Å². The van der Waals surface area contributed by atoms with E-state index in [0.717, 1.165) is 37.0 Å². The second kappa shape index (κ2) is 9.87. The van der Waals surface area contributed by atoms with Crippen molar-refractivity contribution in [2.24, 2.45) is 4.99 Å². The summed E-state index contributed by atoms with van der Waals surface area (Å²) in [6.07, 6.45) is 8.44. The van der Waals surface area contributed by atoms with E-state index in [9.17, 15) is 0 Å². The van der Waals surface area contributed by atoms with Crippen molar-refractivity contribution >= 4 is 17.3 Å². The van der Waals surface area contributed by atoms with Crippen LogP contribution in [0.15, 0.2) is 54.2 Å². The van der Waals surface area contributed by atoms with E-state index in [-0.39, 0.29) is 0 Å². The molecule has 3 aromatic rings. The highest BCUT2D eigenvalue weighted by Gasteiger charge is 2.02. The van der Waals surface area contributed by atoms with Gasteiger partial charge in [0.05, 0.1) is 17.9 Å². The topological polar surface area (TPSA) is 67.1 Å². The molecule has 0 saturated carbocycles. The first-order chi connectivity index (χ1) is 13.2. The van der Waals surface area contributed by atoms with Crippen LogP contribution in [0.5, 0.6) is 0 Å². The number of guanidine groups is 1. The highest BCUT2D eigenvalue weighted by molar-refractivity contribution is 7.11. The molecule has 2 heterocycles. The normalized spacial score (nSPS) is 11.6. The molecule has 142 valence electrons. The average molecular weight is 383 g/mol. The zero-order valence-electron chi connectivity index (χ0n) is 15.9. The maximum absolute atomic E-state index is 4.72. The molecular weight excluding hydrogens is 356 g/mol. The van der Waals surface area contributed by atoms with Crippen molar-refractivity contribution in [3.63, 3.8) is 0 Å². The number of benzene rings is 1. The molecule has 0 aliphatic heterocycles. The Kier molecular flexibility index (Phi) is 6.98. The van der Waals surface area contributed by atoms with E-state index < -0.39 is 0 Å². The van der Waals surface area contributed by atoms with Gasteiger partial charge in [-0.15, -0.1) is 11.3 Å². The molecule has 1 aromatic carbocycles. The number of hydrogen-bond donors (Lipinski definition) is 2. The number of nitrogens with one attached hydrogen (secondary N) is 2. The van der Waals surface area contributed by atoms with Gasteiger partial charge >= 0.3 is 0 Å². The lowest BCUT2D eigenvalue weighted by Gasteiger charge is -2.11. The monoisotopic (exact) mass is 382 g/mol. The minimum absolute atomic E-state index is 0.642. The Labute approximate surface area is 164 Å². The summed E-state index contributed by atoms with van der Waals surface area (Å²) in [6.45, 7) is 7.28. The Bertz CT molecular complexity index is 853. The first-order valence-corrected chi connectivity index (χ1v) is 10.0. The number of nitrogens with zero attached hydrogens (tertiary/aromatic N) is 4. The number of aryl methyl sites for hydroxylation is 1. The van der Waals surface area contributed by atoms with Crippen molar-refractivity contribution in [1.82, 2.24) is 25.2 Å². The van der Waals surface area contributed by atoms with Gasteiger partial charge in [0.2, 0.25) is 0 Å². The van der Waals surface area contributed by atoms with Gasteiger partial charge in [0.1, 0.15) is 0 Å². The van der Waals surface area contributed by atoms with Crippen molar-refractivity contribution in [1.29, 1.82) is 0 Å². The Morgan fingerprint density at radius 3 is 2.89 bits per heavy atom. The van der Waals surface area contributed by atoms with E-state index in [0.29, 0.717) is 6.54 Å². The molecule has 27 heavy (non-hydrogen) atoms. The highest BCUT2D eigenvalue weighted by Crippen LogP contribution is 2.11. The summed E-state index contributed by atoms with van der Waals surface area (Å²) in [5, 5.41) is 7.85. The van der Waals surface area contributed by atoms with E-state index in [1.165, 1.54) is 16.0 Å². The van der Waals surface area contributed by atoms with Crippen LogP contribution in [0, 0.1) is 6.92 Å². The Morgan fingerprint density at radius 1 is 1.26 bits per heavy atom. The summed E-state index contributed by atoms with van der Waals surface area (Å²) in [6, 6.07) is 8.53. The fraction of sp³-hybridized carbons (Fsp3) is 0.350. The lowest BCUT2D eigenvalue weighted by Crippen LogP contribution is -2.38. The molecule has 3 rings (SSSR count). The standard InChI is InChI=1S/C20H26N6S/c1-3-22-20(23-8-7-19-24-12-16(2)27-19)25-13-17-5-4-6-18(11-17)14-26-10-9-21-15-26/h4-6,9-12,15H,3,7-8,13-14H2,1-2H3,(H2,22,23,25). The first-order valence-electron chi connectivity index (χ1n) is 9.20. The molecule has 0 radical (unpaired) electrons. The van der Waals surface area contributed by atoms with Crippen LogP contribution in [0.4, 0.5) is 0 Å². The largest absolute Gasteiger partial charge is 0.357 e. The third kappa shape index (κ3) is 6.21. The zero-order valence-corrected chi connectivity index (χ0v) is 16.7. The smallest absolute Gasteiger partial charge is 0.191 e. The van der Waals surface area contributed by atoms with E-state index in [4.69, 9.17) is 4.99 Å². The van der Waals surface area contributed by atoms with Crippen LogP contribution in [-0.2, 0) is 19.5 Å². The van der Waals surface area contributed by atoms with Crippen molar-refractivity contribution in [3.05, 3.63) is 70.2 Å². The zero-order chi connectivity index (χ0) is 18.9. The van der Waals surface area contributed by atoms with Gasteiger partial charge in [-0.3, -0.25) is 0 Å². The predicted octanol–water partition coefficient (Wildman–Crippen LogP) is 2.99. The first kappa shape index (κ1) is 19.1. The van der Waals surface area contributed by atoms with Crippen LogP contribution in [0.25, 0.3) is 0 Å². The molecule has 0 bridgehead atoms. The number of rotatable bonds is 8. The number of hydrogen-bond acceptors (Lipinski definition) is 4. The van der Waals surface area contributed by atoms with Crippen molar-refractivity contribution in [2.75, 3.05) is 13.1 Å². The molecule has 0 saturated heterocycles. The van der Waals surface area contributed by atoms with Gasteiger partial charge in [0, 0.05) is 49.5 Å². The second-order valence-corrected chi connectivity index (χ2v) is 7.61. The molecule has 0 fully saturated rings. The molecule has 7 heteroatoms. The minimum atomic E-state index is 0.642. The Balaban J connectivity index is 1.55. The number of aromatic nitrogens is 3. The molecule has 2 N–H and O–H groups in total. The van der Waals surface area contributed by atoms with Crippen LogP contribution in [-0.4, -0.2) is 33.6 Å². The Hall–Kier alpha value is -2.67. The third-order valence-electron chi connectivity index (χ3n) is 3.98. The number of aliphatic imine (C=N–C) groups is 1. The molecule has 0 unspecified atom stereocenters. The average Bonchev–Trinajstić information content (AvgIpc) is 3.32. The number of thiazole rings is 1. The summed E-state index contributed by atoms with van der Waals surface area (Å²) in [7, 11) is 0. The van der Waals surface area contributed by atoms with Crippen LogP contribution >= 0.6 is 11.3 Å². The maximum atomic E-state index is 4.72. The summed E-state index contributed by atoms with van der Waals surface area (Å²) in [4.78, 5) is 14.5. The van der Waals surface area contributed by atoms with Crippen LogP contribution in [0.2, 0.25) is 0 Å². The van der Waals surface area contributed by atoms with Gasteiger partial charge in [-0.2, -0.15) is 0 Å². The van der Waals surface area contributed by atoms with E-state index in [2.05, 4.69) is 63.3 Å². The van der Waals surface area contributed by atoms with Crippen LogP contribution < -0.4 is 10.6 Å². The van der Waals surface area contributed by atoms with E-state index in [1.54, 1.807) is 17.5 Å². The van der Waals surface area contributed by atoms with E-state index >= 15 is 0 Å². The molecule has 2 aromatic heterocycles. The molecule has 0 spiro atoms. The fourth-order valence-electron chi connectivity index (χ4n) is 2.73. The van der Waals surface area contributed by atoms with Gasteiger partial charge in [-0.25, -0.2) is 15.0 Å². The van der Waals surface area contributed by atoms with Crippen molar-refractivity contribution in [3.8, 4) is 0 Å². The van der Waals surface area contributed by atoms with Crippen LogP contribution in [0.3, 0.4) is 0 Å². The molecule has 0 aliphatic rings. The van der Waals surface area contributed by atoms with Gasteiger partial charge in [-0.05, 0) is 25.0 Å². The van der Waals surface area contributed by atoms with Crippen LogP contribution in [0.1, 0.15) is 27.9 Å². The van der Waals surface area contributed by atoms with Gasteiger partial charge in [0.25, 0.3) is 0 Å². The molecule has 0 atom stereocenters. The second-order valence-electron chi connectivity index (χ2n) is 6.29. The maximum Gasteiger partial charge on any atom is 0.191 e. The third-order valence-corrected chi connectivity index (χ3v) is 4.95. The SMILES string of the molecule is CCNC(=NCc1cccc(Cn2ccnc2)c1)NCCc1ncc(C)s1. The van der Waals surface area contributed by atoms with E-state index in [1.807, 2.05) is 18.7 Å². The Morgan fingerprint density at radius 2 is 2.15 bits per heavy atom. The molecule has 0 amide bonds.